The minimum atomic E-state index is -2.63. The molecule has 8 heteroatoms. The maximum Gasteiger partial charge on any atom is 0.221 e. The Kier molecular flexibility index (Phi) is 3.46. The molecule has 0 saturated carbocycles. The molecule has 4 aromatic rings. The van der Waals surface area contributed by atoms with Gasteiger partial charge < -0.3 is 19.6 Å². The highest BCUT2D eigenvalue weighted by atomic mass is 16.5. The second-order valence-electron chi connectivity index (χ2n) is 7.11. The van der Waals surface area contributed by atoms with E-state index in [0.717, 1.165) is 5.39 Å². The predicted octanol–water partition coefficient (Wildman–Crippen LogP) is 3.04. The van der Waals surface area contributed by atoms with Crippen molar-refractivity contribution < 1.29 is 18.7 Å². The van der Waals surface area contributed by atoms with Gasteiger partial charge in [-0.3, -0.25) is 0 Å². The molecule has 4 heterocycles. The van der Waals surface area contributed by atoms with E-state index in [9.17, 15) is 10.4 Å². The smallest absolute Gasteiger partial charge is 0.221 e. The molecule has 0 spiro atoms. The summed E-state index contributed by atoms with van der Waals surface area (Å²) in [5.74, 6) is 0.611. The SMILES string of the molecule is [2H]C([2H])([2H])Oc1ccc(C#N)c(-c2c(-c3c(C)nn4c3OC[C@@H](O)C4)[nH]c3ncccc23)c1. The Balaban J connectivity index is 1.79. The molecule has 30 heavy (non-hydrogen) atoms. The minimum Gasteiger partial charge on any atom is -0.497 e. The molecular formula is C22H19N5O3. The zero-order chi connectivity index (χ0) is 23.3. The molecule has 0 aliphatic carbocycles. The molecule has 5 rings (SSSR count). The van der Waals surface area contributed by atoms with Crippen molar-refractivity contribution in [3.05, 3.63) is 47.8 Å². The van der Waals surface area contributed by atoms with Crippen LogP contribution in [-0.2, 0) is 6.54 Å². The van der Waals surface area contributed by atoms with Crippen LogP contribution in [0.5, 0.6) is 11.6 Å². The van der Waals surface area contributed by atoms with E-state index in [4.69, 9.17) is 13.6 Å². The fraction of sp³-hybridized carbons (Fsp3) is 0.227. The Bertz CT molecular complexity index is 1420. The normalized spacial score (nSPS) is 17.4. The third-order valence-corrected chi connectivity index (χ3v) is 5.20. The quantitative estimate of drug-likeness (QED) is 0.543. The number of methoxy groups -OCH3 is 1. The van der Waals surface area contributed by atoms with Gasteiger partial charge in [-0.05, 0) is 37.3 Å². The van der Waals surface area contributed by atoms with Crippen LogP contribution in [-0.4, -0.2) is 44.6 Å². The summed E-state index contributed by atoms with van der Waals surface area (Å²) in [6.45, 7) is 2.27. The number of rotatable bonds is 3. The fourth-order valence-corrected chi connectivity index (χ4v) is 3.93. The number of nitrogens with zero attached hydrogens (tertiary/aromatic N) is 4. The third kappa shape index (κ3) is 2.71. The van der Waals surface area contributed by atoms with Crippen molar-refractivity contribution in [3.8, 4) is 40.1 Å². The molecule has 1 atom stereocenters. The largest absolute Gasteiger partial charge is 0.497 e. The van der Waals surface area contributed by atoms with Gasteiger partial charge in [-0.15, -0.1) is 0 Å². The Morgan fingerprint density at radius 2 is 2.30 bits per heavy atom. The summed E-state index contributed by atoms with van der Waals surface area (Å²) in [6.07, 6.45) is 0.992. The number of nitrogens with one attached hydrogen (secondary N) is 1. The van der Waals surface area contributed by atoms with Gasteiger partial charge in [-0.25, -0.2) is 9.67 Å². The summed E-state index contributed by atoms with van der Waals surface area (Å²) in [7, 11) is -2.63. The van der Waals surface area contributed by atoms with Crippen LogP contribution in [0.15, 0.2) is 36.5 Å². The van der Waals surface area contributed by atoms with E-state index in [1.54, 1.807) is 23.0 Å². The molecule has 0 unspecified atom stereocenters. The van der Waals surface area contributed by atoms with Crippen molar-refractivity contribution in [3.63, 3.8) is 0 Å². The van der Waals surface area contributed by atoms with Gasteiger partial charge in [0.05, 0.1) is 46.3 Å². The third-order valence-electron chi connectivity index (χ3n) is 5.20. The fourth-order valence-electron chi connectivity index (χ4n) is 3.93. The van der Waals surface area contributed by atoms with Crippen molar-refractivity contribution in [2.45, 2.75) is 19.6 Å². The number of nitriles is 1. The monoisotopic (exact) mass is 404 g/mol. The van der Waals surface area contributed by atoms with E-state index in [0.29, 0.717) is 51.7 Å². The number of ether oxygens (including phenoxy) is 2. The highest BCUT2D eigenvalue weighted by molar-refractivity contribution is 6.04. The van der Waals surface area contributed by atoms with E-state index < -0.39 is 13.1 Å². The zero-order valence-corrected chi connectivity index (χ0v) is 16.0. The van der Waals surface area contributed by atoms with Crippen LogP contribution in [0.3, 0.4) is 0 Å². The van der Waals surface area contributed by atoms with Gasteiger partial charge in [0.2, 0.25) is 5.88 Å². The number of H-pyrrole nitrogens is 1. The van der Waals surface area contributed by atoms with Crippen LogP contribution < -0.4 is 9.47 Å². The van der Waals surface area contributed by atoms with Gasteiger partial charge in [-0.1, -0.05) is 0 Å². The van der Waals surface area contributed by atoms with E-state index in [-0.39, 0.29) is 12.4 Å². The molecule has 1 aliphatic heterocycles. The zero-order valence-electron chi connectivity index (χ0n) is 19.0. The second-order valence-corrected chi connectivity index (χ2v) is 7.11. The lowest BCUT2D eigenvalue weighted by Gasteiger charge is -2.21. The summed E-state index contributed by atoms with van der Waals surface area (Å²) >= 11 is 0. The lowest BCUT2D eigenvalue weighted by atomic mass is 9.95. The number of aliphatic hydroxyl groups is 1. The van der Waals surface area contributed by atoms with E-state index in [1.807, 2.05) is 13.0 Å². The van der Waals surface area contributed by atoms with Gasteiger partial charge in [0, 0.05) is 22.7 Å². The van der Waals surface area contributed by atoms with Gasteiger partial charge in [0.1, 0.15) is 24.1 Å². The highest BCUT2D eigenvalue weighted by Gasteiger charge is 2.29. The molecule has 0 amide bonds. The Labute approximate surface area is 176 Å². The number of hydrogen-bond donors (Lipinski definition) is 2. The van der Waals surface area contributed by atoms with Crippen LogP contribution >= 0.6 is 0 Å². The van der Waals surface area contributed by atoms with Crippen molar-refractivity contribution in [1.29, 1.82) is 5.26 Å². The molecule has 2 N–H and O–H groups in total. The molecule has 0 radical (unpaired) electrons. The van der Waals surface area contributed by atoms with Crippen LogP contribution in [0.2, 0.25) is 0 Å². The predicted molar refractivity (Wildman–Crippen MR) is 110 cm³/mol. The van der Waals surface area contributed by atoms with Gasteiger partial charge in [0.25, 0.3) is 0 Å². The maximum absolute atomic E-state index is 9.97. The number of hydrogen-bond acceptors (Lipinski definition) is 6. The van der Waals surface area contributed by atoms with Gasteiger partial charge in [0.15, 0.2) is 0 Å². The average molecular weight is 404 g/mol. The number of aromatic amines is 1. The Morgan fingerprint density at radius 1 is 1.40 bits per heavy atom. The molecule has 8 nitrogen and oxygen atoms in total. The first-order valence-corrected chi connectivity index (χ1v) is 9.34. The number of aromatic nitrogens is 4. The number of aryl methyl sites for hydroxylation is 1. The van der Waals surface area contributed by atoms with Gasteiger partial charge in [-0.2, -0.15) is 10.4 Å². The molecule has 0 saturated heterocycles. The van der Waals surface area contributed by atoms with Crippen molar-refractivity contribution >= 4 is 11.0 Å². The van der Waals surface area contributed by atoms with E-state index in [1.165, 1.54) is 12.1 Å². The molecule has 150 valence electrons. The Hall–Kier alpha value is -3.83. The molecule has 0 fully saturated rings. The summed E-state index contributed by atoms with van der Waals surface area (Å²) < 4.78 is 34.8. The van der Waals surface area contributed by atoms with Crippen LogP contribution in [0.1, 0.15) is 15.4 Å². The van der Waals surface area contributed by atoms with E-state index in [2.05, 4.69) is 21.1 Å². The summed E-state index contributed by atoms with van der Waals surface area (Å²) in [5.41, 5.74) is 4.04. The first-order valence-electron chi connectivity index (χ1n) is 10.8. The van der Waals surface area contributed by atoms with Crippen LogP contribution in [0, 0.1) is 18.3 Å². The van der Waals surface area contributed by atoms with Gasteiger partial charge >= 0.3 is 0 Å². The number of pyridine rings is 1. The van der Waals surface area contributed by atoms with E-state index >= 15 is 0 Å². The Morgan fingerprint density at radius 3 is 3.13 bits per heavy atom. The molecule has 1 aliphatic rings. The molecule has 3 aromatic heterocycles. The average Bonchev–Trinajstić information content (AvgIpc) is 3.28. The number of benzene rings is 1. The molecular weight excluding hydrogens is 382 g/mol. The summed E-state index contributed by atoms with van der Waals surface area (Å²) in [4.78, 5) is 7.74. The molecule has 0 bridgehead atoms. The van der Waals surface area contributed by atoms with Crippen molar-refractivity contribution in [1.82, 2.24) is 19.7 Å². The lowest BCUT2D eigenvalue weighted by molar-refractivity contribution is 0.0561. The summed E-state index contributed by atoms with van der Waals surface area (Å²) in [5, 5.41) is 25.0. The lowest BCUT2D eigenvalue weighted by Crippen LogP contribution is -2.30. The topological polar surface area (TPSA) is 109 Å². The first-order chi connectivity index (χ1) is 15.7. The van der Waals surface area contributed by atoms with Crippen LogP contribution in [0.25, 0.3) is 33.4 Å². The van der Waals surface area contributed by atoms with Crippen molar-refractivity contribution in [2.24, 2.45) is 0 Å². The second kappa shape index (κ2) is 6.90. The van der Waals surface area contributed by atoms with Crippen molar-refractivity contribution in [2.75, 3.05) is 13.6 Å². The standard InChI is InChI=1S/C22H19N5O3/c1-12-18(22-27(26-12)10-14(28)11-30-22)20-19(16-4-3-7-24-21(16)25-20)17-8-15(29-2)6-5-13(17)9-23/h3-8,14,28H,10-11H2,1-2H3,(H,24,25)/t14-/m0/s1/i2D3. The molecule has 1 aromatic carbocycles. The maximum atomic E-state index is 9.97. The summed E-state index contributed by atoms with van der Waals surface area (Å²) in [6, 6.07) is 10.4. The number of aliphatic hydroxyl groups excluding tert-OH is 1. The van der Waals surface area contributed by atoms with Crippen LogP contribution in [0.4, 0.5) is 0 Å². The first kappa shape index (κ1) is 15.1. The highest BCUT2D eigenvalue weighted by Crippen LogP contribution is 2.44. The minimum absolute atomic E-state index is 0.112. The number of fused-ring (bicyclic) bond motifs is 2.